The van der Waals surface area contributed by atoms with E-state index in [1.807, 2.05) is 13.0 Å². The number of pyridine rings is 1. The molecule has 0 fully saturated rings. The number of nitrogens with one attached hydrogen (secondary N) is 2. The van der Waals surface area contributed by atoms with Gasteiger partial charge in [0.2, 0.25) is 11.8 Å². The molecule has 2 aromatic rings. The molecule has 0 spiro atoms. The predicted octanol–water partition coefficient (Wildman–Crippen LogP) is 2.69. The molecule has 0 aliphatic rings. The van der Waals surface area contributed by atoms with Crippen molar-refractivity contribution in [2.24, 2.45) is 0 Å². The zero-order valence-electron chi connectivity index (χ0n) is 12.1. The molecule has 2 rings (SSSR count). The fourth-order valence-corrected chi connectivity index (χ4v) is 1.97. The lowest BCUT2D eigenvalue weighted by Gasteiger charge is -2.07. The highest BCUT2D eigenvalue weighted by atomic mass is 35.5. The predicted molar refractivity (Wildman–Crippen MR) is 85.5 cm³/mol. The van der Waals surface area contributed by atoms with Gasteiger partial charge in [-0.1, -0.05) is 23.7 Å². The Kier molecular flexibility index (Phi) is 5.49. The van der Waals surface area contributed by atoms with E-state index in [-0.39, 0.29) is 18.2 Å². The number of carbonyl (C=O) groups is 2. The molecule has 0 saturated carbocycles. The summed E-state index contributed by atoms with van der Waals surface area (Å²) < 4.78 is 0. The molecular weight excluding hydrogens is 302 g/mol. The summed E-state index contributed by atoms with van der Waals surface area (Å²) in [6, 6.07) is 8.84. The summed E-state index contributed by atoms with van der Waals surface area (Å²) in [6.45, 7) is 2.22. The van der Waals surface area contributed by atoms with Crippen LogP contribution in [0.25, 0.3) is 0 Å². The summed E-state index contributed by atoms with van der Waals surface area (Å²) in [5.41, 5.74) is 2.37. The number of amides is 2. The van der Waals surface area contributed by atoms with Crippen LogP contribution in [0, 0.1) is 6.92 Å². The number of rotatable bonds is 5. The Hall–Kier alpha value is -2.40. The fourth-order valence-electron chi connectivity index (χ4n) is 1.79. The summed E-state index contributed by atoms with van der Waals surface area (Å²) in [6.07, 6.45) is 3.08. The van der Waals surface area contributed by atoms with Crippen LogP contribution in [0.15, 0.2) is 42.7 Å². The zero-order valence-corrected chi connectivity index (χ0v) is 12.9. The van der Waals surface area contributed by atoms with Crippen LogP contribution in [0.2, 0.25) is 5.02 Å². The smallest absolute Gasteiger partial charge is 0.233 e. The van der Waals surface area contributed by atoms with Gasteiger partial charge in [0, 0.05) is 29.6 Å². The molecule has 22 heavy (non-hydrogen) atoms. The lowest BCUT2D eigenvalue weighted by Crippen LogP contribution is -2.27. The Morgan fingerprint density at radius 2 is 2.05 bits per heavy atom. The number of benzene rings is 1. The molecule has 2 amide bonds. The van der Waals surface area contributed by atoms with Gasteiger partial charge < -0.3 is 10.6 Å². The van der Waals surface area contributed by atoms with E-state index in [1.165, 1.54) is 0 Å². The standard InChI is InChI=1S/C16H16ClN3O2/c1-11-4-5-13(7-14(11)17)20-16(22)8-15(21)19-10-12-3-2-6-18-9-12/h2-7,9H,8,10H2,1H3,(H,19,21)(H,20,22). The molecule has 0 unspecified atom stereocenters. The van der Waals surface area contributed by atoms with E-state index in [9.17, 15) is 9.59 Å². The first-order chi connectivity index (χ1) is 10.5. The highest BCUT2D eigenvalue weighted by Gasteiger charge is 2.10. The molecule has 6 heteroatoms. The highest BCUT2D eigenvalue weighted by molar-refractivity contribution is 6.31. The Morgan fingerprint density at radius 1 is 1.23 bits per heavy atom. The van der Waals surface area contributed by atoms with Gasteiger partial charge in [-0.3, -0.25) is 14.6 Å². The summed E-state index contributed by atoms with van der Waals surface area (Å²) in [4.78, 5) is 27.5. The molecule has 0 bridgehead atoms. The van der Waals surface area contributed by atoms with Crippen molar-refractivity contribution in [2.75, 3.05) is 5.32 Å². The number of anilines is 1. The molecule has 1 heterocycles. The van der Waals surface area contributed by atoms with Crippen molar-refractivity contribution in [3.05, 3.63) is 58.9 Å². The SMILES string of the molecule is Cc1ccc(NC(=O)CC(=O)NCc2cccnc2)cc1Cl. The van der Waals surface area contributed by atoms with Crippen molar-refractivity contribution >= 4 is 29.1 Å². The van der Waals surface area contributed by atoms with Crippen LogP contribution in [0.4, 0.5) is 5.69 Å². The van der Waals surface area contributed by atoms with Crippen molar-refractivity contribution in [2.45, 2.75) is 19.9 Å². The summed E-state index contributed by atoms with van der Waals surface area (Å²) in [5, 5.41) is 5.88. The van der Waals surface area contributed by atoms with Gasteiger partial charge in [0.05, 0.1) is 0 Å². The normalized spacial score (nSPS) is 10.1. The average molecular weight is 318 g/mol. The van der Waals surface area contributed by atoms with Gasteiger partial charge in [0.25, 0.3) is 0 Å². The Morgan fingerprint density at radius 3 is 2.73 bits per heavy atom. The molecule has 114 valence electrons. The summed E-state index contributed by atoms with van der Waals surface area (Å²) in [7, 11) is 0. The second kappa shape index (κ2) is 7.56. The minimum Gasteiger partial charge on any atom is -0.352 e. The van der Waals surface area contributed by atoms with E-state index in [4.69, 9.17) is 11.6 Å². The molecule has 0 radical (unpaired) electrons. The third-order valence-corrected chi connectivity index (χ3v) is 3.40. The van der Waals surface area contributed by atoms with Gasteiger partial charge in [-0.05, 0) is 36.2 Å². The first-order valence-corrected chi connectivity index (χ1v) is 7.14. The number of hydrogen-bond donors (Lipinski definition) is 2. The maximum absolute atomic E-state index is 11.8. The Bertz CT molecular complexity index is 674. The third-order valence-electron chi connectivity index (χ3n) is 2.99. The van der Waals surface area contributed by atoms with E-state index in [1.54, 1.807) is 36.7 Å². The third kappa shape index (κ3) is 4.86. The zero-order chi connectivity index (χ0) is 15.9. The van der Waals surface area contributed by atoms with Crippen molar-refractivity contribution < 1.29 is 9.59 Å². The van der Waals surface area contributed by atoms with Crippen LogP contribution in [-0.2, 0) is 16.1 Å². The number of hydrogen-bond acceptors (Lipinski definition) is 3. The van der Waals surface area contributed by atoms with Crippen molar-refractivity contribution in [1.82, 2.24) is 10.3 Å². The maximum Gasteiger partial charge on any atom is 0.233 e. The van der Waals surface area contributed by atoms with Gasteiger partial charge in [-0.15, -0.1) is 0 Å². The van der Waals surface area contributed by atoms with Crippen LogP contribution in [0.1, 0.15) is 17.5 Å². The average Bonchev–Trinajstić information content (AvgIpc) is 2.50. The largest absolute Gasteiger partial charge is 0.352 e. The minimum atomic E-state index is -0.386. The van der Waals surface area contributed by atoms with Gasteiger partial charge in [-0.2, -0.15) is 0 Å². The van der Waals surface area contributed by atoms with Crippen LogP contribution >= 0.6 is 11.6 Å². The topological polar surface area (TPSA) is 71.1 Å². The van der Waals surface area contributed by atoms with Crippen molar-refractivity contribution in [3.63, 3.8) is 0 Å². The van der Waals surface area contributed by atoms with E-state index in [2.05, 4.69) is 15.6 Å². The first-order valence-electron chi connectivity index (χ1n) is 6.76. The van der Waals surface area contributed by atoms with Gasteiger partial charge in [0.15, 0.2) is 0 Å². The summed E-state index contributed by atoms with van der Waals surface area (Å²) in [5.74, 6) is -0.733. The fraction of sp³-hybridized carbons (Fsp3) is 0.188. The number of aryl methyl sites for hydroxylation is 1. The van der Waals surface area contributed by atoms with Gasteiger partial charge in [0.1, 0.15) is 6.42 Å². The first kappa shape index (κ1) is 16.0. The second-order valence-electron chi connectivity index (χ2n) is 4.83. The molecule has 0 saturated heterocycles. The molecule has 1 aromatic carbocycles. The lowest BCUT2D eigenvalue weighted by molar-refractivity contribution is -0.126. The molecule has 0 atom stereocenters. The molecule has 2 N–H and O–H groups in total. The number of nitrogens with zero attached hydrogens (tertiary/aromatic N) is 1. The van der Waals surface area contributed by atoms with Crippen LogP contribution < -0.4 is 10.6 Å². The molecular formula is C16H16ClN3O2. The molecule has 0 aliphatic heterocycles. The number of carbonyl (C=O) groups excluding carboxylic acids is 2. The van der Waals surface area contributed by atoms with Gasteiger partial charge in [-0.25, -0.2) is 0 Å². The van der Waals surface area contributed by atoms with Gasteiger partial charge >= 0.3 is 0 Å². The van der Waals surface area contributed by atoms with E-state index >= 15 is 0 Å². The highest BCUT2D eigenvalue weighted by Crippen LogP contribution is 2.19. The van der Waals surface area contributed by atoms with Crippen LogP contribution in [0.5, 0.6) is 0 Å². The van der Waals surface area contributed by atoms with E-state index < -0.39 is 0 Å². The van der Waals surface area contributed by atoms with Crippen molar-refractivity contribution in [1.29, 1.82) is 0 Å². The number of aromatic nitrogens is 1. The summed E-state index contributed by atoms with van der Waals surface area (Å²) >= 11 is 5.98. The molecule has 0 aliphatic carbocycles. The Balaban J connectivity index is 1.81. The molecule has 5 nitrogen and oxygen atoms in total. The molecule has 1 aromatic heterocycles. The minimum absolute atomic E-state index is 0.244. The van der Waals surface area contributed by atoms with Crippen LogP contribution in [0.3, 0.4) is 0 Å². The maximum atomic E-state index is 11.8. The van der Waals surface area contributed by atoms with E-state index in [0.29, 0.717) is 17.3 Å². The Labute approximate surface area is 133 Å². The second-order valence-corrected chi connectivity index (χ2v) is 5.23. The van der Waals surface area contributed by atoms with Crippen LogP contribution in [-0.4, -0.2) is 16.8 Å². The van der Waals surface area contributed by atoms with E-state index in [0.717, 1.165) is 11.1 Å². The lowest BCUT2D eigenvalue weighted by atomic mass is 10.2. The number of halogens is 1. The quantitative estimate of drug-likeness (QED) is 0.833. The monoisotopic (exact) mass is 317 g/mol. The van der Waals surface area contributed by atoms with Crippen molar-refractivity contribution in [3.8, 4) is 0 Å².